The maximum absolute atomic E-state index is 14.8. The number of hydrogen-bond acceptors (Lipinski definition) is 5. The summed E-state index contributed by atoms with van der Waals surface area (Å²) in [6.07, 6.45) is 0.607. The lowest BCUT2D eigenvalue weighted by Gasteiger charge is -2.30. The molecule has 0 atom stereocenters. The van der Waals surface area contributed by atoms with Crippen LogP contribution in [0.5, 0.6) is 0 Å². The van der Waals surface area contributed by atoms with Gasteiger partial charge in [-0.05, 0) is 30.2 Å². The quantitative estimate of drug-likeness (QED) is 0.362. The number of aryl methyl sites for hydroxylation is 1. The van der Waals surface area contributed by atoms with E-state index in [1.54, 1.807) is 16.7 Å². The molecule has 0 aliphatic carbocycles. The molecular formula is C30H28FN3O3. The molecule has 0 N–H and O–H groups in total. The smallest absolute Gasteiger partial charge is 0.337 e. The number of hydrogen-bond donors (Lipinski definition) is 0. The van der Waals surface area contributed by atoms with E-state index in [-0.39, 0.29) is 17.2 Å². The van der Waals surface area contributed by atoms with E-state index in [2.05, 4.69) is 4.74 Å². The largest absolute Gasteiger partial charge is 0.465 e. The van der Waals surface area contributed by atoms with Crippen LogP contribution in [0.1, 0.15) is 50.2 Å². The first-order valence-electron chi connectivity index (χ1n) is 12.3. The van der Waals surface area contributed by atoms with E-state index in [9.17, 15) is 14.0 Å². The van der Waals surface area contributed by atoms with Crippen molar-refractivity contribution in [1.29, 1.82) is 0 Å². The summed E-state index contributed by atoms with van der Waals surface area (Å²) in [5, 5.41) is 0. The van der Waals surface area contributed by atoms with Crippen molar-refractivity contribution in [2.24, 2.45) is 0 Å². The summed E-state index contributed by atoms with van der Waals surface area (Å²) >= 11 is 0. The highest BCUT2D eigenvalue weighted by Gasteiger charge is 2.27. The van der Waals surface area contributed by atoms with Crippen LogP contribution in [0.2, 0.25) is 0 Å². The number of fused-ring (bicyclic) bond motifs is 1. The highest BCUT2D eigenvalue weighted by Crippen LogP contribution is 2.28. The average molecular weight is 498 g/mol. The number of benzene rings is 3. The molecule has 0 saturated heterocycles. The molecule has 3 aromatic carbocycles. The molecule has 0 saturated carbocycles. The number of halogens is 1. The molecule has 0 spiro atoms. The SMILES string of the molecule is COC(=O)c1ccc(CN2CCc3nc(C)n(C(c4ccccc4)c4ccccc4)c(=O)c3C2)c(F)c1. The Labute approximate surface area is 215 Å². The highest BCUT2D eigenvalue weighted by atomic mass is 19.1. The molecule has 0 bridgehead atoms. The summed E-state index contributed by atoms with van der Waals surface area (Å²) in [4.78, 5) is 32.6. The molecule has 1 aromatic heterocycles. The zero-order valence-corrected chi connectivity index (χ0v) is 20.9. The van der Waals surface area contributed by atoms with Gasteiger partial charge in [-0.2, -0.15) is 0 Å². The highest BCUT2D eigenvalue weighted by molar-refractivity contribution is 5.89. The fourth-order valence-corrected chi connectivity index (χ4v) is 5.03. The number of ether oxygens (including phenoxy) is 1. The number of carbonyl (C=O) groups excluding carboxylic acids is 1. The molecule has 188 valence electrons. The fraction of sp³-hybridized carbons (Fsp3) is 0.233. The molecule has 6 nitrogen and oxygen atoms in total. The van der Waals surface area contributed by atoms with Gasteiger partial charge in [0, 0.05) is 31.6 Å². The van der Waals surface area contributed by atoms with Gasteiger partial charge in [-0.3, -0.25) is 14.3 Å². The second-order valence-corrected chi connectivity index (χ2v) is 9.24. The van der Waals surface area contributed by atoms with Crippen molar-refractivity contribution in [1.82, 2.24) is 14.5 Å². The predicted molar refractivity (Wildman–Crippen MR) is 139 cm³/mol. The second-order valence-electron chi connectivity index (χ2n) is 9.24. The Bertz CT molecular complexity index is 1450. The van der Waals surface area contributed by atoms with E-state index >= 15 is 0 Å². The first-order chi connectivity index (χ1) is 18.0. The van der Waals surface area contributed by atoms with Crippen LogP contribution in [0, 0.1) is 12.7 Å². The molecular weight excluding hydrogens is 469 g/mol. The Balaban J connectivity index is 1.50. The molecule has 7 heteroatoms. The number of aromatic nitrogens is 2. The van der Waals surface area contributed by atoms with Crippen molar-refractivity contribution in [3.63, 3.8) is 0 Å². The minimum absolute atomic E-state index is 0.0774. The topological polar surface area (TPSA) is 64.4 Å². The van der Waals surface area contributed by atoms with Crippen LogP contribution < -0.4 is 5.56 Å². The van der Waals surface area contributed by atoms with Crippen molar-refractivity contribution in [2.75, 3.05) is 13.7 Å². The van der Waals surface area contributed by atoms with Crippen LogP contribution in [0.25, 0.3) is 0 Å². The third kappa shape index (κ3) is 4.95. The molecule has 0 unspecified atom stereocenters. The third-order valence-electron chi connectivity index (χ3n) is 6.87. The molecule has 1 aliphatic rings. The average Bonchev–Trinajstić information content (AvgIpc) is 2.93. The number of methoxy groups -OCH3 is 1. The van der Waals surface area contributed by atoms with Crippen molar-refractivity contribution in [3.8, 4) is 0 Å². The molecule has 0 radical (unpaired) electrons. The van der Waals surface area contributed by atoms with E-state index in [0.29, 0.717) is 43.0 Å². The van der Waals surface area contributed by atoms with Crippen molar-refractivity contribution in [2.45, 2.75) is 32.5 Å². The van der Waals surface area contributed by atoms with Crippen LogP contribution in [0.4, 0.5) is 4.39 Å². The van der Waals surface area contributed by atoms with E-state index in [4.69, 9.17) is 4.98 Å². The number of carbonyl (C=O) groups is 1. The van der Waals surface area contributed by atoms with E-state index < -0.39 is 11.8 Å². The Morgan fingerprint density at radius 1 is 1.03 bits per heavy atom. The molecule has 4 aromatic rings. The molecule has 1 aliphatic heterocycles. The molecule has 2 heterocycles. The van der Waals surface area contributed by atoms with Gasteiger partial charge in [-0.1, -0.05) is 66.7 Å². The van der Waals surface area contributed by atoms with Gasteiger partial charge in [-0.15, -0.1) is 0 Å². The third-order valence-corrected chi connectivity index (χ3v) is 6.87. The van der Waals surface area contributed by atoms with E-state index in [1.807, 2.05) is 72.5 Å². The Hall–Kier alpha value is -4.10. The standard InChI is InChI=1S/C30H28FN3O3/c1-20-32-27-15-16-33(18-24-14-13-23(17-26(24)31)30(36)37-2)19-25(27)29(35)34(20)28(21-9-5-3-6-10-21)22-11-7-4-8-12-22/h3-14,17,28H,15-16,18-19H2,1-2H3. The molecule has 0 fully saturated rings. The first kappa shape index (κ1) is 24.6. The van der Waals surface area contributed by atoms with Gasteiger partial charge in [0.1, 0.15) is 11.6 Å². The summed E-state index contributed by atoms with van der Waals surface area (Å²) in [5.74, 6) is -0.383. The fourth-order valence-electron chi connectivity index (χ4n) is 5.03. The maximum Gasteiger partial charge on any atom is 0.337 e. The van der Waals surface area contributed by atoms with Gasteiger partial charge in [0.2, 0.25) is 0 Å². The van der Waals surface area contributed by atoms with E-state index in [0.717, 1.165) is 16.8 Å². The molecule has 0 amide bonds. The van der Waals surface area contributed by atoms with Gasteiger partial charge >= 0.3 is 5.97 Å². The van der Waals surface area contributed by atoms with Crippen molar-refractivity contribution in [3.05, 3.63) is 134 Å². The van der Waals surface area contributed by atoms with Gasteiger partial charge < -0.3 is 4.74 Å². The number of nitrogens with zero attached hydrogens (tertiary/aromatic N) is 3. The van der Waals surface area contributed by atoms with Gasteiger partial charge in [0.15, 0.2) is 0 Å². The minimum Gasteiger partial charge on any atom is -0.465 e. The zero-order valence-electron chi connectivity index (χ0n) is 20.9. The normalized spacial score (nSPS) is 13.4. The lowest BCUT2D eigenvalue weighted by molar-refractivity contribution is 0.0600. The zero-order chi connectivity index (χ0) is 25.9. The second kappa shape index (κ2) is 10.5. The van der Waals surface area contributed by atoms with Crippen molar-refractivity contribution >= 4 is 5.97 Å². The van der Waals surface area contributed by atoms with Crippen molar-refractivity contribution < 1.29 is 13.9 Å². The number of rotatable bonds is 6. The lowest BCUT2D eigenvalue weighted by atomic mass is 9.97. The summed E-state index contributed by atoms with van der Waals surface area (Å²) in [5.41, 5.74) is 4.00. The van der Waals surface area contributed by atoms with Crippen LogP contribution in [-0.2, 0) is 24.2 Å². The van der Waals surface area contributed by atoms with Crippen LogP contribution in [-0.4, -0.2) is 34.1 Å². The summed E-state index contributed by atoms with van der Waals surface area (Å²) in [6.45, 7) is 3.23. The monoisotopic (exact) mass is 497 g/mol. The van der Waals surface area contributed by atoms with E-state index in [1.165, 1.54) is 13.2 Å². The summed E-state index contributed by atoms with van der Waals surface area (Å²) in [6, 6.07) is 23.9. The predicted octanol–water partition coefficient (Wildman–Crippen LogP) is 4.67. The first-order valence-corrected chi connectivity index (χ1v) is 12.3. The van der Waals surface area contributed by atoms with Gasteiger partial charge in [0.05, 0.1) is 30.0 Å². The Morgan fingerprint density at radius 2 is 1.68 bits per heavy atom. The van der Waals surface area contributed by atoms with Crippen LogP contribution in [0.15, 0.2) is 83.7 Å². The molecule has 5 rings (SSSR count). The summed E-state index contributed by atoms with van der Waals surface area (Å²) in [7, 11) is 1.27. The van der Waals surface area contributed by atoms with Crippen LogP contribution >= 0.6 is 0 Å². The van der Waals surface area contributed by atoms with Gasteiger partial charge in [-0.25, -0.2) is 14.2 Å². The lowest BCUT2D eigenvalue weighted by Crippen LogP contribution is -2.40. The molecule has 37 heavy (non-hydrogen) atoms. The maximum atomic E-state index is 14.8. The number of esters is 1. The van der Waals surface area contributed by atoms with Gasteiger partial charge in [0.25, 0.3) is 5.56 Å². The minimum atomic E-state index is -0.578. The Morgan fingerprint density at radius 3 is 2.27 bits per heavy atom. The van der Waals surface area contributed by atoms with Crippen LogP contribution in [0.3, 0.4) is 0 Å². The Kier molecular flexibility index (Phi) is 6.97. The summed E-state index contributed by atoms with van der Waals surface area (Å²) < 4.78 is 21.2.